The summed E-state index contributed by atoms with van der Waals surface area (Å²) in [7, 11) is 0. The summed E-state index contributed by atoms with van der Waals surface area (Å²) >= 11 is 3.29. The highest BCUT2D eigenvalue weighted by Gasteiger charge is 2.34. The van der Waals surface area contributed by atoms with Crippen LogP contribution in [0.4, 0.5) is 4.79 Å². The molecule has 0 spiro atoms. The van der Waals surface area contributed by atoms with Gasteiger partial charge >= 0.3 is 12.0 Å². The third-order valence-electron chi connectivity index (χ3n) is 4.13. The summed E-state index contributed by atoms with van der Waals surface area (Å²) in [5.74, 6) is -1.44. The molecule has 0 atom stereocenters. The first-order valence-corrected chi connectivity index (χ1v) is 9.58. The van der Waals surface area contributed by atoms with Crippen molar-refractivity contribution in [3.05, 3.63) is 33.8 Å². The van der Waals surface area contributed by atoms with E-state index in [-0.39, 0.29) is 30.8 Å². The third-order valence-corrected chi connectivity index (χ3v) is 4.62. The lowest BCUT2D eigenvalue weighted by Crippen LogP contribution is -2.38. The van der Waals surface area contributed by atoms with E-state index in [0.29, 0.717) is 43.5 Å². The average Bonchev–Trinajstić information content (AvgIpc) is 2.85. The Hall–Kier alpha value is -2.42. The van der Waals surface area contributed by atoms with Crippen LogP contribution in [0.1, 0.15) is 52.8 Å². The Labute approximate surface area is 165 Å². The van der Waals surface area contributed by atoms with Crippen molar-refractivity contribution in [3.8, 4) is 0 Å². The SMILES string of the molecule is O=C(O)CCCCCNC(=O)NCCCN1C(=O)c2ccc(Br)cc2C1=O. The van der Waals surface area contributed by atoms with Crippen LogP contribution in [0.5, 0.6) is 0 Å². The van der Waals surface area contributed by atoms with Crippen molar-refractivity contribution in [2.45, 2.75) is 32.1 Å². The average molecular weight is 440 g/mol. The van der Waals surface area contributed by atoms with Crippen LogP contribution in [0, 0.1) is 0 Å². The molecule has 1 heterocycles. The molecular formula is C18H22BrN3O5. The van der Waals surface area contributed by atoms with Gasteiger partial charge in [0, 0.05) is 30.5 Å². The van der Waals surface area contributed by atoms with E-state index in [4.69, 9.17) is 5.11 Å². The fourth-order valence-electron chi connectivity index (χ4n) is 2.75. The zero-order chi connectivity index (χ0) is 19.8. The van der Waals surface area contributed by atoms with Crippen LogP contribution in [-0.4, -0.2) is 53.5 Å². The number of unbranched alkanes of at least 4 members (excludes halogenated alkanes) is 2. The van der Waals surface area contributed by atoms with Crippen molar-refractivity contribution in [1.82, 2.24) is 15.5 Å². The van der Waals surface area contributed by atoms with Gasteiger partial charge in [-0.05, 0) is 37.5 Å². The molecule has 0 aromatic heterocycles. The van der Waals surface area contributed by atoms with Crippen LogP contribution in [0.3, 0.4) is 0 Å². The number of amides is 4. The Morgan fingerprint density at radius 3 is 2.33 bits per heavy atom. The topological polar surface area (TPSA) is 116 Å². The zero-order valence-corrected chi connectivity index (χ0v) is 16.4. The van der Waals surface area contributed by atoms with E-state index < -0.39 is 5.97 Å². The number of carboxylic acid groups (broad SMARTS) is 1. The lowest BCUT2D eigenvalue weighted by Gasteiger charge is -2.14. The molecule has 1 aromatic rings. The molecule has 3 N–H and O–H groups in total. The molecule has 9 heteroatoms. The quantitative estimate of drug-likeness (QED) is 0.382. The molecule has 4 amide bonds. The number of benzene rings is 1. The van der Waals surface area contributed by atoms with Gasteiger partial charge in [-0.3, -0.25) is 19.3 Å². The normalized spacial score (nSPS) is 12.9. The van der Waals surface area contributed by atoms with E-state index in [1.54, 1.807) is 18.2 Å². The highest BCUT2D eigenvalue weighted by Crippen LogP contribution is 2.25. The van der Waals surface area contributed by atoms with Crippen LogP contribution < -0.4 is 10.6 Å². The summed E-state index contributed by atoms with van der Waals surface area (Å²) in [4.78, 5) is 47.8. The van der Waals surface area contributed by atoms with Gasteiger partial charge in [0.05, 0.1) is 11.1 Å². The smallest absolute Gasteiger partial charge is 0.314 e. The van der Waals surface area contributed by atoms with E-state index in [1.807, 2.05) is 0 Å². The summed E-state index contributed by atoms with van der Waals surface area (Å²) in [6, 6.07) is 4.67. The molecule has 8 nitrogen and oxygen atoms in total. The number of nitrogens with one attached hydrogen (secondary N) is 2. The van der Waals surface area contributed by atoms with Crippen LogP contribution >= 0.6 is 15.9 Å². The number of imide groups is 1. The first kappa shape index (κ1) is 20.9. The number of carbonyl (C=O) groups excluding carboxylic acids is 3. The van der Waals surface area contributed by atoms with Gasteiger partial charge in [-0.1, -0.05) is 22.4 Å². The fourth-order valence-corrected chi connectivity index (χ4v) is 3.11. The standard InChI is InChI=1S/C18H22BrN3O5/c19-12-6-7-13-14(11-12)17(26)22(16(13)25)10-4-9-21-18(27)20-8-3-1-2-5-15(23)24/h6-7,11H,1-5,8-10H2,(H,23,24)(H2,20,21,27). The van der Waals surface area contributed by atoms with E-state index >= 15 is 0 Å². The molecule has 146 valence electrons. The largest absolute Gasteiger partial charge is 0.481 e. The first-order valence-electron chi connectivity index (χ1n) is 8.79. The van der Waals surface area contributed by atoms with Crippen molar-refractivity contribution >= 4 is 39.7 Å². The molecule has 0 bridgehead atoms. The van der Waals surface area contributed by atoms with Gasteiger partial charge < -0.3 is 15.7 Å². The third kappa shape index (κ3) is 6.06. The Bertz CT molecular complexity index is 738. The molecule has 0 fully saturated rings. The highest BCUT2D eigenvalue weighted by molar-refractivity contribution is 9.10. The maximum atomic E-state index is 12.3. The number of hydrogen-bond donors (Lipinski definition) is 3. The molecular weight excluding hydrogens is 418 g/mol. The van der Waals surface area contributed by atoms with Crippen molar-refractivity contribution in [3.63, 3.8) is 0 Å². The van der Waals surface area contributed by atoms with E-state index in [9.17, 15) is 19.2 Å². The summed E-state index contributed by atoms with van der Waals surface area (Å²) in [5, 5.41) is 13.9. The molecule has 0 saturated heterocycles. The predicted molar refractivity (Wildman–Crippen MR) is 102 cm³/mol. The van der Waals surface area contributed by atoms with Gasteiger partial charge in [0.2, 0.25) is 0 Å². The molecule has 1 aliphatic heterocycles. The van der Waals surface area contributed by atoms with Crippen molar-refractivity contribution < 1.29 is 24.3 Å². The molecule has 27 heavy (non-hydrogen) atoms. The molecule has 1 aromatic carbocycles. The molecule has 0 aliphatic carbocycles. The number of aliphatic carboxylic acids is 1. The Balaban J connectivity index is 1.62. The van der Waals surface area contributed by atoms with Gasteiger partial charge in [-0.25, -0.2) is 4.79 Å². The Kier molecular flexibility index (Phi) is 7.78. The minimum atomic E-state index is -0.814. The van der Waals surface area contributed by atoms with Gasteiger partial charge in [0.25, 0.3) is 11.8 Å². The number of nitrogens with zero attached hydrogens (tertiary/aromatic N) is 1. The zero-order valence-electron chi connectivity index (χ0n) is 14.8. The van der Waals surface area contributed by atoms with Crippen LogP contribution in [0.2, 0.25) is 0 Å². The Morgan fingerprint density at radius 1 is 0.963 bits per heavy atom. The number of carbonyl (C=O) groups is 4. The van der Waals surface area contributed by atoms with Crippen molar-refractivity contribution in [1.29, 1.82) is 0 Å². The number of fused-ring (bicyclic) bond motifs is 1. The summed E-state index contributed by atoms with van der Waals surface area (Å²) in [5.41, 5.74) is 0.791. The maximum Gasteiger partial charge on any atom is 0.314 e. The monoisotopic (exact) mass is 439 g/mol. The number of carboxylic acids is 1. The van der Waals surface area contributed by atoms with Gasteiger partial charge in [0.1, 0.15) is 0 Å². The van der Waals surface area contributed by atoms with E-state index in [2.05, 4.69) is 26.6 Å². The van der Waals surface area contributed by atoms with Crippen LogP contribution in [0.25, 0.3) is 0 Å². The lowest BCUT2D eigenvalue weighted by atomic mass is 10.1. The molecule has 1 aliphatic rings. The maximum absolute atomic E-state index is 12.3. The van der Waals surface area contributed by atoms with Gasteiger partial charge in [-0.2, -0.15) is 0 Å². The lowest BCUT2D eigenvalue weighted by molar-refractivity contribution is -0.137. The Morgan fingerprint density at radius 2 is 1.63 bits per heavy atom. The second-order valence-electron chi connectivity index (χ2n) is 6.19. The number of urea groups is 1. The highest BCUT2D eigenvalue weighted by atomic mass is 79.9. The summed E-state index contributed by atoms with van der Waals surface area (Å²) in [6.45, 7) is 1.04. The number of halogens is 1. The van der Waals surface area contributed by atoms with Gasteiger partial charge in [0.15, 0.2) is 0 Å². The fraction of sp³-hybridized carbons (Fsp3) is 0.444. The first-order chi connectivity index (χ1) is 12.9. The summed E-state index contributed by atoms with van der Waals surface area (Å²) in [6.07, 6.45) is 2.64. The van der Waals surface area contributed by atoms with E-state index in [1.165, 1.54) is 4.90 Å². The predicted octanol–water partition coefficient (Wildman–Crippen LogP) is 2.38. The minimum Gasteiger partial charge on any atom is -0.481 e. The molecule has 0 saturated carbocycles. The second-order valence-corrected chi connectivity index (χ2v) is 7.11. The number of rotatable bonds is 10. The molecule has 0 unspecified atom stereocenters. The van der Waals surface area contributed by atoms with Crippen molar-refractivity contribution in [2.75, 3.05) is 19.6 Å². The molecule has 0 radical (unpaired) electrons. The van der Waals surface area contributed by atoms with Crippen LogP contribution in [0.15, 0.2) is 22.7 Å². The summed E-state index contributed by atoms with van der Waals surface area (Å²) < 4.78 is 0.741. The van der Waals surface area contributed by atoms with E-state index in [0.717, 1.165) is 10.9 Å². The van der Waals surface area contributed by atoms with Crippen molar-refractivity contribution in [2.24, 2.45) is 0 Å². The molecule has 2 rings (SSSR count). The van der Waals surface area contributed by atoms with Crippen LogP contribution in [-0.2, 0) is 4.79 Å². The minimum absolute atomic E-state index is 0.140. The number of hydrogen-bond acceptors (Lipinski definition) is 4. The second kappa shape index (κ2) is 10.1. The van der Waals surface area contributed by atoms with Gasteiger partial charge in [-0.15, -0.1) is 0 Å².